The largest absolute Gasteiger partial charge is 0.366 e. The molecule has 1 aromatic carbocycles. The van der Waals surface area contributed by atoms with E-state index in [0.717, 1.165) is 5.56 Å². The topological polar surface area (TPSA) is 86.2 Å². The molecule has 1 amide bonds. The zero-order valence-corrected chi connectivity index (χ0v) is 8.14. The van der Waals surface area contributed by atoms with Crippen LogP contribution < -0.4 is 11.5 Å². The molecule has 4 nitrogen and oxygen atoms in total. The molecule has 0 bridgehead atoms. The van der Waals surface area contributed by atoms with Crippen LogP contribution in [0.3, 0.4) is 0 Å². The lowest BCUT2D eigenvalue weighted by Gasteiger charge is -1.98. The van der Waals surface area contributed by atoms with E-state index in [1.807, 2.05) is 0 Å². The van der Waals surface area contributed by atoms with E-state index >= 15 is 0 Å². The van der Waals surface area contributed by atoms with Crippen LogP contribution in [0.1, 0.15) is 15.9 Å². The molecule has 1 aromatic rings. The van der Waals surface area contributed by atoms with E-state index in [0.29, 0.717) is 5.56 Å². The summed E-state index contributed by atoms with van der Waals surface area (Å²) in [5.74, 6) is -0.613. The van der Waals surface area contributed by atoms with Gasteiger partial charge in [-0.15, -0.1) is 0 Å². The second-order valence-electron chi connectivity index (χ2n) is 2.99. The number of ketones is 1. The van der Waals surface area contributed by atoms with Crippen molar-refractivity contribution in [2.45, 2.75) is 0 Å². The van der Waals surface area contributed by atoms with Gasteiger partial charge in [-0.1, -0.05) is 24.3 Å². The summed E-state index contributed by atoms with van der Waals surface area (Å²) in [6.07, 6.45) is 2.85. The molecule has 78 valence electrons. The van der Waals surface area contributed by atoms with Gasteiger partial charge in [-0.05, 0) is 11.6 Å². The van der Waals surface area contributed by atoms with Crippen molar-refractivity contribution in [2.24, 2.45) is 11.5 Å². The van der Waals surface area contributed by atoms with Crippen molar-refractivity contribution in [3.63, 3.8) is 0 Å². The molecule has 0 spiro atoms. The zero-order chi connectivity index (χ0) is 11.3. The molecule has 4 N–H and O–H groups in total. The minimum atomic E-state index is -0.503. The number of carbonyl (C=O) groups excluding carboxylic acids is 2. The van der Waals surface area contributed by atoms with Crippen LogP contribution in [0.25, 0.3) is 6.08 Å². The zero-order valence-electron chi connectivity index (χ0n) is 8.14. The summed E-state index contributed by atoms with van der Waals surface area (Å²) in [6.45, 7) is -0.00350. The minimum Gasteiger partial charge on any atom is -0.366 e. The first-order valence-electron chi connectivity index (χ1n) is 4.44. The fourth-order valence-electron chi connectivity index (χ4n) is 1.08. The molecule has 0 aromatic heterocycles. The van der Waals surface area contributed by atoms with Crippen molar-refractivity contribution in [3.05, 3.63) is 41.5 Å². The standard InChI is InChI=1S/C11H12N2O2/c12-7-10(14)9-4-1-8(2-5-9)3-6-11(13)15/h1-6H,7,12H2,(H2,13,15). The molecule has 0 radical (unpaired) electrons. The van der Waals surface area contributed by atoms with Gasteiger partial charge in [0.2, 0.25) is 5.91 Å². The number of nitrogens with two attached hydrogens (primary N) is 2. The number of primary amides is 1. The first-order valence-corrected chi connectivity index (χ1v) is 4.44. The number of carbonyl (C=O) groups is 2. The van der Waals surface area contributed by atoms with Gasteiger partial charge in [0.15, 0.2) is 5.78 Å². The Bertz CT molecular complexity index is 394. The average Bonchev–Trinajstić information content (AvgIpc) is 2.26. The molecule has 0 saturated heterocycles. The fraction of sp³-hybridized carbons (Fsp3) is 0.0909. The Kier molecular flexibility index (Phi) is 3.76. The van der Waals surface area contributed by atoms with E-state index in [-0.39, 0.29) is 12.3 Å². The van der Waals surface area contributed by atoms with Crippen molar-refractivity contribution in [1.82, 2.24) is 0 Å². The summed E-state index contributed by atoms with van der Waals surface area (Å²) >= 11 is 0. The lowest BCUT2D eigenvalue weighted by Crippen LogP contribution is -2.13. The molecule has 0 aliphatic carbocycles. The Balaban J connectivity index is 2.81. The third-order valence-electron chi connectivity index (χ3n) is 1.86. The normalized spacial score (nSPS) is 10.5. The van der Waals surface area contributed by atoms with Gasteiger partial charge in [0.05, 0.1) is 6.54 Å². The number of amides is 1. The minimum absolute atomic E-state index is 0.00350. The third-order valence-corrected chi connectivity index (χ3v) is 1.86. The highest BCUT2D eigenvalue weighted by atomic mass is 16.1. The molecule has 4 heteroatoms. The van der Waals surface area contributed by atoms with Crippen LogP contribution in [-0.2, 0) is 4.79 Å². The SMILES string of the molecule is NCC(=O)c1ccc(C=CC(N)=O)cc1. The first kappa shape index (κ1) is 11.1. The van der Waals surface area contributed by atoms with Crippen molar-refractivity contribution in [3.8, 4) is 0 Å². The molecular formula is C11H12N2O2. The summed E-state index contributed by atoms with van der Waals surface area (Å²) in [5, 5.41) is 0. The van der Waals surface area contributed by atoms with Gasteiger partial charge in [0, 0.05) is 11.6 Å². The van der Waals surface area contributed by atoms with Gasteiger partial charge in [0.25, 0.3) is 0 Å². The smallest absolute Gasteiger partial charge is 0.241 e. The van der Waals surface area contributed by atoms with E-state index in [4.69, 9.17) is 11.5 Å². The highest BCUT2D eigenvalue weighted by Gasteiger charge is 2.01. The van der Waals surface area contributed by atoms with Crippen LogP contribution in [0.15, 0.2) is 30.3 Å². The molecule has 0 heterocycles. The molecule has 0 atom stereocenters. The van der Waals surface area contributed by atoms with E-state index in [1.54, 1.807) is 30.3 Å². The van der Waals surface area contributed by atoms with Crippen LogP contribution in [0.4, 0.5) is 0 Å². The lowest BCUT2D eigenvalue weighted by molar-refractivity contribution is -0.113. The predicted molar refractivity (Wildman–Crippen MR) is 58.1 cm³/mol. The molecule has 0 unspecified atom stereocenters. The summed E-state index contributed by atoms with van der Waals surface area (Å²) in [5.41, 5.74) is 11.5. The Labute approximate surface area is 87.6 Å². The Hall–Kier alpha value is -1.94. The number of benzene rings is 1. The molecule has 0 fully saturated rings. The van der Waals surface area contributed by atoms with E-state index in [9.17, 15) is 9.59 Å². The van der Waals surface area contributed by atoms with Gasteiger partial charge in [0.1, 0.15) is 0 Å². The number of rotatable bonds is 4. The van der Waals surface area contributed by atoms with Crippen LogP contribution in [0.2, 0.25) is 0 Å². The summed E-state index contributed by atoms with van der Waals surface area (Å²) in [6, 6.07) is 6.77. The molecule has 0 aliphatic rings. The van der Waals surface area contributed by atoms with Gasteiger partial charge in [-0.2, -0.15) is 0 Å². The highest BCUT2D eigenvalue weighted by molar-refractivity contribution is 5.97. The van der Waals surface area contributed by atoms with Gasteiger partial charge in [-0.25, -0.2) is 0 Å². The molecule has 0 aliphatic heterocycles. The number of Topliss-reactive ketones (excluding diaryl/α,β-unsaturated/α-hetero) is 1. The monoisotopic (exact) mass is 204 g/mol. The second-order valence-corrected chi connectivity index (χ2v) is 2.99. The molecular weight excluding hydrogens is 192 g/mol. The number of hydrogen-bond donors (Lipinski definition) is 2. The third kappa shape index (κ3) is 3.36. The van der Waals surface area contributed by atoms with Gasteiger partial charge in [-0.3, -0.25) is 9.59 Å². The fourth-order valence-corrected chi connectivity index (χ4v) is 1.08. The van der Waals surface area contributed by atoms with Crippen LogP contribution >= 0.6 is 0 Å². The van der Waals surface area contributed by atoms with Crippen molar-refractivity contribution >= 4 is 17.8 Å². The van der Waals surface area contributed by atoms with Crippen molar-refractivity contribution in [1.29, 1.82) is 0 Å². The Morgan fingerprint density at radius 2 is 1.80 bits per heavy atom. The number of hydrogen-bond acceptors (Lipinski definition) is 3. The van der Waals surface area contributed by atoms with Crippen LogP contribution in [-0.4, -0.2) is 18.2 Å². The lowest BCUT2D eigenvalue weighted by atomic mass is 10.1. The van der Waals surface area contributed by atoms with E-state index in [2.05, 4.69) is 0 Å². The van der Waals surface area contributed by atoms with E-state index in [1.165, 1.54) is 6.08 Å². The van der Waals surface area contributed by atoms with E-state index < -0.39 is 5.91 Å². The molecule has 15 heavy (non-hydrogen) atoms. The Morgan fingerprint density at radius 3 is 2.27 bits per heavy atom. The van der Waals surface area contributed by atoms with Crippen molar-refractivity contribution < 1.29 is 9.59 Å². The molecule has 1 rings (SSSR count). The Morgan fingerprint density at radius 1 is 1.20 bits per heavy atom. The molecule has 0 saturated carbocycles. The maximum Gasteiger partial charge on any atom is 0.241 e. The average molecular weight is 204 g/mol. The summed E-state index contributed by atoms with van der Waals surface area (Å²) in [4.78, 5) is 21.6. The maximum absolute atomic E-state index is 11.2. The first-order chi connectivity index (χ1) is 7.13. The van der Waals surface area contributed by atoms with Gasteiger partial charge < -0.3 is 11.5 Å². The maximum atomic E-state index is 11.2. The second kappa shape index (κ2) is 5.07. The summed E-state index contributed by atoms with van der Waals surface area (Å²) in [7, 11) is 0. The van der Waals surface area contributed by atoms with Crippen LogP contribution in [0, 0.1) is 0 Å². The van der Waals surface area contributed by atoms with Gasteiger partial charge >= 0.3 is 0 Å². The van der Waals surface area contributed by atoms with Crippen molar-refractivity contribution in [2.75, 3.05) is 6.54 Å². The quantitative estimate of drug-likeness (QED) is 0.547. The summed E-state index contributed by atoms with van der Waals surface area (Å²) < 4.78 is 0. The van der Waals surface area contributed by atoms with Crippen LogP contribution in [0.5, 0.6) is 0 Å². The predicted octanol–water partition coefficient (Wildman–Crippen LogP) is 0.326. The highest BCUT2D eigenvalue weighted by Crippen LogP contribution is 2.06.